The first-order chi connectivity index (χ1) is 9.19. The molecule has 2 rings (SSSR count). The molecule has 0 amide bonds. The zero-order valence-electron chi connectivity index (χ0n) is 12.7. The maximum atomic E-state index is 3.28. The first-order valence-corrected chi connectivity index (χ1v) is 7.56. The molecule has 19 heavy (non-hydrogen) atoms. The maximum absolute atomic E-state index is 3.28. The summed E-state index contributed by atoms with van der Waals surface area (Å²) >= 11 is 0. The largest absolute Gasteiger partial charge is 0.320 e. The van der Waals surface area contributed by atoms with Crippen molar-refractivity contribution in [1.29, 1.82) is 0 Å². The van der Waals surface area contributed by atoms with Crippen LogP contribution in [0.2, 0.25) is 0 Å². The van der Waals surface area contributed by atoms with Gasteiger partial charge in [0, 0.05) is 5.54 Å². The lowest BCUT2D eigenvalue weighted by Gasteiger charge is -2.45. The van der Waals surface area contributed by atoms with Gasteiger partial charge in [-0.05, 0) is 71.3 Å². The third kappa shape index (κ3) is 3.18. The molecule has 1 aromatic carbocycles. The Kier molecular flexibility index (Phi) is 5.00. The smallest absolute Gasteiger partial charge is 0.0455 e. The van der Waals surface area contributed by atoms with Gasteiger partial charge < -0.3 is 5.32 Å². The Morgan fingerprint density at radius 3 is 2.32 bits per heavy atom. The van der Waals surface area contributed by atoms with Gasteiger partial charge in [-0.15, -0.1) is 0 Å². The van der Waals surface area contributed by atoms with Gasteiger partial charge in [-0.1, -0.05) is 30.3 Å². The van der Waals surface area contributed by atoms with Crippen LogP contribution < -0.4 is 5.32 Å². The normalized spacial score (nSPS) is 27.7. The van der Waals surface area contributed by atoms with Gasteiger partial charge in [0.15, 0.2) is 0 Å². The van der Waals surface area contributed by atoms with E-state index in [0.717, 1.165) is 12.5 Å². The van der Waals surface area contributed by atoms with Crippen molar-refractivity contribution in [3.8, 4) is 0 Å². The second-order valence-corrected chi connectivity index (χ2v) is 6.13. The molecule has 0 heterocycles. The van der Waals surface area contributed by atoms with E-state index in [4.69, 9.17) is 0 Å². The van der Waals surface area contributed by atoms with E-state index >= 15 is 0 Å². The maximum Gasteiger partial charge on any atom is 0.0455 e. The molecule has 1 N–H and O–H groups in total. The molecule has 0 saturated heterocycles. The lowest BCUT2D eigenvalue weighted by atomic mass is 9.71. The zero-order valence-corrected chi connectivity index (χ0v) is 12.7. The summed E-state index contributed by atoms with van der Waals surface area (Å²) in [4.78, 5) is 2.44. The predicted molar refractivity (Wildman–Crippen MR) is 82.3 cm³/mol. The van der Waals surface area contributed by atoms with Crippen LogP contribution >= 0.6 is 0 Å². The zero-order chi connectivity index (χ0) is 13.7. The molecule has 0 bridgehead atoms. The molecule has 0 atom stereocenters. The quantitative estimate of drug-likeness (QED) is 0.874. The van der Waals surface area contributed by atoms with Gasteiger partial charge in [-0.25, -0.2) is 0 Å². The Morgan fingerprint density at radius 2 is 1.79 bits per heavy atom. The molecule has 1 aliphatic rings. The van der Waals surface area contributed by atoms with Crippen LogP contribution in [0.15, 0.2) is 30.3 Å². The van der Waals surface area contributed by atoms with Crippen molar-refractivity contribution in [3.63, 3.8) is 0 Å². The number of benzene rings is 1. The molecular formula is C17H28N2. The van der Waals surface area contributed by atoms with Crippen LogP contribution in [0.5, 0.6) is 0 Å². The summed E-state index contributed by atoms with van der Waals surface area (Å²) in [6, 6.07) is 11.1. The summed E-state index contributed by atoms with van der Waals surface area (Å²) in [7, 11) is 6.53. The van der Waals surface area contributed by atoms with Crippen molar-refractivity contribution < 1.29 is 0 Å². The number of hydrogen-bond acceptors (Lipinski definition) is 2. The van der Waals surface area contributed by atoms with Crippen LogP contribution in [-0.4, -0.2) is 32.6 Å². The minimum absolute atomic E-state index is 0.261. The SMILES string of the molecule is CNCCC1CCC(c2ccccc2)(N(C)C)CC1. The average Bonchev–Trinajstić information content (AvgIpc) is 2.46. The number of rotatable bonds is 5. The van der Waals surface area contributed by atoms with Gasteiger partial charge in [-0.3, -0.25) is 4.90 Å². The highest BCUT2D eigenvalue weighted by atomic mass is 15.1. The predicted octanol–water partition coefficient (Wildman–Crippen LogP) is 3.24. The molecule has 1 saturated carbocycles. The monoisotopic (exact) mass is 260 g/mol. The molecule has 2 nitrogen and oxygen atoms in total. The van der Waals surface area contributed by atoms with E-state index in [0.29, 0.717) is 0 Å². The molecule has 0 unspecified atom stereocenters. The Morgan fingerprint density at radius 1 is 1.16 bits per heavy atom. The van der Waals surface area contributed by atoms with E-state index in [1.165, 1.54) is 37.7 Å². The van der Waals surface area contributed by atoms with Crippen molar-refractivity contribution in [2.24, 2.45) is 5.92 Å². The minimum atomic E-state index is 0.261. The molecule has 0 radical (unpaired) electrons. The highest BCUT2D eigenvalue weighted by molar-refractivity contribution is 5.25. The Hall–Kier alpha value is -0.860. The van der Waals surface area contributed by atoms with Crippen molar-refractivity contribution in [3.05, 3.63) is 35.9 Å². The lowest BCUT2D eigenvalue weighted by Crippen LogP contribution is -2.44. The molecular weight excluding hydrogens is 232 g/mol. The molecule has 0 aromatic heterocycles. The van der Waals surface area contributed by atoms with Gasteiger partial charge in [0.2, 0.25) is 0 Å². The molecule has 0 aliphatic heterocycles. The summed E-state index contributed by atoms with van der Waals surface area (Å²) in [5, 5.41) is 3.28. The van der Waals surface area contributed by atoms with Crippen LogP contribution in [0.1, 0.15) is 37.7 Å². The summed E-state index contributed by atoms with van der Waals surface area (Å²) in [5.41, 5.74) is 1.75. The molecule has 0 spiro atoms. The van der Waals surface area contributed by atoms with E-state index in [1.807, 2.05) is 0 Å². The highest BCUT2D eigenvalue weighted by Crippen LogP contribution is 2.43. The molecule has 1 fully saturated rings. The van der Waals surface area contributed by atoms with Crippen LogP contribution in [0.25, 0.3) is 0 Å². The second-order valence-electron chi connectivity index (χ2n) is 6.13. The van der Waals surface area contributed by atoms with Gasteiger partial charge in [-0.2, -0.15) is 0 Å². The molecule has 106 valence electrons. The molecule has 1 aliphatic carbocycles. The molecule has 1 aromatic rings. The Bertz CT molecular complexity index is 364. The summed E-state index contributed by atoms with van der Waals surface area (Å²) < 4.78 is 0. The molecule has 2 heteroatoms. The topological polar surface area (TPSA) is 15.3 Å². The van der Waals surface area contributed by atoms with Crippen LogP contribution in [0.4, 0.5) is 0 Å². The second kappa shape index (κ2) is 6.53. The van der Waals surface area contributed by atoms with E-state index in [-0.39, 0.29) is 5.54 Å². The first-order valence-electron chi connectivity index (χ1n) is 7.56. The summed E-state index contributed by atoms with van der Waals surface area (Å²) in [6.07, 6.45) is 6.62. The van der Waals surface area contributed by atoms with E-state index in [9.17, 15) is 0 Å². The third-order valence-electron chi connectivity index (χ3n) is 4.90. The van der Waals surface area contributed by atoms with Crippen molar-refractivity contribution >= 4 is 0 Å². The third-order valence-corrected chi connectivity index (χ3v) is 4.90. The van der Waals surface area contributed by atoms with Crippen molar-refractivity contribution in [2.45, 2.75) is 37.6 Å². The standard InChI is InChI=1S/C17H28N2/c1-18-14-11-15-9-12-17(13-10-15,19(2)3)16-7-5-4-6-8-16/h4-8,15,18H,9-14H2,1-3H3. The number of nitrogens with zero attached hydrogens (tertiary/aromatic N) is 1. The van der Waals surface area contributed by atoms with Gasteiger partial charge in [0.25, 0.3) is 0 Å². The van der Waals surface area contributed by atoms with Crippen molar-refractivity contribution in [1.82, 2.24) is 10.2 Å². The number of hydrogen-bond donors (Lipinski definition) is 1. The number of nitrogens with one attached hydrogen (secondary N) is 1. The van der Waals surface area contributed by atoms with E-state index < -0.39 is 0 Å². The summed E-state index contributed by atoms with van der Waals surface area (Å²) in [5.74, 6) is 0.907. The van der Waals surface area contributed by atoms with Crippen molar-refractivity contribution in [2.75, 3.05) is 27.7 Å². The lowest BCUT2D eigenvalue weighted by molar-refractivity contribution is 0.0754. The van der Waals surface area contributed by atoms with Crippen LogP contribution in [-0.2, 0) is 5.54 Å². The fourth-order valence-electron chi connectivity index (χ4n) is 3.53. The minimum Gasteiger partial charge on any atom is -0.320 e. The van der Waals surface area contributed by atoms with E-state index in [2.05, 4.69) is 61.7 Å². The van der Waals surface area contributed by atoms with Crippen LogP contribution in [0.3, 0.4) is 0 Å². The fraction of sp³-hybridized carbons (Fsp3) is 0.647. The highest BCUT2D eigenvalue weighted by Gasteiger charge is 2.38. The van der Waals surface area contributed by atoms with Gasteiger partial charge >= 0.3 is 0 Å². The summed E-state index contributed by atoms with van der Waals surface area (Å²) in [6.45, 7) is 1.16. The fourth-order valence-corrected chi connectivity index (χ4v) is 3.53. The average molecular weight is 260 g/mol. The van der Waals surface area contributed by atoms with Crippen LogP contribution in [0, 0.1) is 5.92 Å². The Balaban J connectivity index is 2.08. The van der Waals surface area contributed by atoms with E-state index in [1.54, 1.807) is 0 Å². The Labute approximate surface area is 118 Å². The van der Waals surface area contributed by atoms with Gasteiger partial charge in [0.1, 0.15) is 0 Å². The van der Waals surface area contributed by atoms with Gasteiger partial charge in [0.05, 0.1) is 0 Å². The first kappa shape index (κ1) is 14.5.